The Balaban J connectivity index is 1.90. The van der Waals surface area contributed by atoms with E-state index in [1.54, 1.807) is 24.3 Å². The number of benzene rings is 2. The maximum atomic E-state index is 12.8. The molecule has 28 heavy (non-hydrogen) atoms. The number of aryl methyl sites for hydroxylation is 2. The van der Waals surface area contributed by atoms with Gasteiger partial charge in [-0.3, -0.25) is 0 Å². The summed E-state index contributed by atoms with van der Waals surface area (Å²) >= 11 is 1.32. The van der Waals surface area contributed by atoms with Crippen molar-refractivity contribution in [3.05, 3.63) is 70.0 Å². The first-order chi connectivity index (χ1) is 13.4. The zero-order valence-corrected chi connectivity index (χ0v) is 17.5. The lowest BCUT2D eigenvalue weighted by Gasteiger charge is -2.06. The molecule has 0 bridgehead atoms. The maximum Gasteiger partial charge on any atom is 0.285 e. The fraction of sp³-hybridized carbons (Fsp3) is 0.190. The molecule has 0 fully saturated rings. The van der Waals surface area contributed by atoms with Crippen molar-refractivity contribution in [1.82, 2.24) is 4.57 Å². The Morgan fingerprint density at radius 3 is 2.50 bits per heavy atom. The van der Waals surface area contributed by atoms with Crippen molar-refractivity contribution in [2.24, 2.45) is 4.40 Å². The summed E-state index contributed by atoms with van der Waals surface area (Å²) in [6.07, 6.45) is 0. The minimum Gasteiger partial charge on any atom is -0.461 e. The smallest absolute Gasteiger partial charge is 0.285 e. The lowest BCUT2D eigenvalue weighted by atomic mass is 10.1. The van der Waals surface area contributed by atoms with Gasteiger partial charge in [-0.1, -0.05) is 35.9 Å². The molecule has 0 spiro atoms. The minimum absolute atomic E-state index is 0.195. The van der Waals surface area contributed by atoms with Crippen LogP contribution in [0.25, 0.3) is 22.2 Å². The zero-order valence-electron chi connectivity index (χ0n) is 15.8. The summed E-state index contributed by atoms with van der Waals surface area (Å²) in [6, 6.07) is 14.6. The number of para-hydroxylation sites is 1. The molecule has 5 nitrogen and oxygen atoms in total. The van der Waals surface area contributed by atoms with Crippen LogP contribution in [0.3, 0.4) is 0 Å². The number of thiazole rings is 1. The molecule has 2 aromatic heterocycles. The minimum atomic E-state index is -3.78. The maximum absolute atomic E-state index is 12.8. The Kier molecular flexibility index (Phi) is 4.72. The molecule has 4 aromatic rings. The van der Waals surface area contributed by atoms with Gasteiger partial charge < -0.3 is 8.98 Å². The average molecular weight is 413 g/mol. The Hall–Kier alpha value is -2.64. The Morgan fingerprint density at radius 2 is 1.79 bits per heavy atom. The molecule has 2 heterocycles. The molecule has 0 unspecified atom stereocenters. The van der Waals surface area contributed by atoms with Crippen molar-refractivity contribution in [1.29, 1.82) is 0 Å². The van der Waals surface area contributed by atoms with Crippen LogP contribution < -0.4 is 4.80 Å². The number of furan rings is 1. The van der Waals surface area contributed by atoms with Crippen LogP contribution in [-0.2, 0) is 16.6 Å². The number of hydrogen-bond acceptors (Lipinski definition) is 4. The molecule has 0 N–H and O–H groups in total. The van der Waals surface area contributed by atoms with Gasteiger partial charge in [-0.25, -0.2) is 0 Å². The summed E-state index contributed by atoms with van der Waals surface area (Å²) in [4.78, 5) is 0.642. The number of nitrogens with zero attached hydrogens (tertiary/aromatic N) is 2. The second kappa shape index (κ2) is 7.07. The molecular weight excluding hydrogens is 392 g/mol. The Morgan fingerprint density at radius 1 is 1.07 bits per heavy atom. The highest BCUT2D eigenvalue weighted by molar-refractivity contribution is 7.90. The van der Waals surface area contributed by atoms with E-state index in [0.29, 0.717) is 11.3 Å². The third-order valence-corrected chi connectivity index (χ3v) is 6.92. The Labute approximate surface area is 167 Å². The number of fused-ring (bicyclic) bond motifs is 1. The quantitative estimate of drug-likeness (QED) is 0.479. The van der Waals surface area contributed by atoms with Crippen LogP contribution in [-0.4, -0.2) is 13.0 Å². The van der Waals surface area contributed by atoms with Gasteiger partial charge in [0.15, 0.2) is 0 Å². The Bertz CT molecular complexity index is 1320. The van der Waals surface area contributed by atoms with Gasteiger partial charge in [-0.2, -0.15) is 8.42 Å². The van der Waals surface area contributed by atoms with E-state index in [-0.39, 0.29) is 4.90 Å². The molecule has 4 rings (SSSR count). The molecule has 7 heteroatoms. The topological polar surface area (TPSA) is 64.6 Å². The van der Waals surface area contributed by atoms with E-state index in [9.17, 15) is 8.42 Å². The van der Waals surface area contributed by atoms with Crippen LogP contribution in [0, 0.1) is 13.8 Å². The third-order valence-electron chi connectivity index (χ3n) is 4.66. The average Bonchev–Trinajstić information content (AvgIpc) is 3.20. The predicted molar refractivity (Wildman–Crippen MR) is 112 cm³/mol. The van der Waals surface area contributed by atoms with Crippen LogP contribution >= 0.6 is 11.3 Å². The van der Waals surface area contributed by atoms with Gasteiger partial charge in [0.05, 0.1) is 10.6 Å². The summed E-state index contributed by atoms with van der Waals surface area (Å²) in [7, 11) is -3.78. The highest BCUT2D eigenvalue weighted by atomic mass is 32.2. The van der Waals surface area contributed by atoms with Gasteiger partial charge in [0.2, 0.25) is 4.80 Å². The highest BCUT2D eigenvalue weighted by Crippen LogP contribution is 2.34. The van der Waals surface area contributed by atoms with E-state index in [0.717, 1.165) is 33.6 Å². The summed E-state index contributed by atoms with van der Waals surface area (Å²) in [5.41, 5.74) is 3.70. The number of rotatable bonds is 4. The standard InChI is InChI=1S/C21H20N2O3S2/c1-4-23-18(20-15(3)26-19-8-6-5-7-17(19)20)13-27-21(23)22-28(24,25)16-11-9-14(2)10-12-16/h5-13H,4H2,1-3H3/b22-21+. The molecule has 0 aliphatic carbocycles. The van der Waals surface area contributed by atoms with Crippen molar-refractivity contribution in [3.63, 3.8) is 0 Å². The fourth-order valence-corrected chi connectivity index (χ4v) is 5.43. The van der Waals surface area contributed by atoms with Gasteiger partial charge in [0.1, 0.15) is 11.3 Å². The summed E-state index contributed by atoms with van der Waals surface area (Å²) in [5.74, 6) is 0.800. The van der Waals surface area contributed by atoms with Crippen molar-refractivity contribution < 1.29 is 12.8 Å². The predicted octanol–water partition coefficient (Wildman–Crippen LogP) is 4.89. The zero-order chi connectivity index (χ0) is 19.9. The molecule has 0 aliphatic rings. The van der Waals surface area contributed by atoms with Crippen molar-refractivity contribution in [2.45, 2.75) is 32.2 Å². The second-order valence-electron chi connectivity index (χ2n) is 6.56. The van der Waals surface area contributed by atoms with E-state index < -0.39 is 10.0 Å². The molecule has 0 saturated heterocycles. The largest absolute Gasteiger partial charge is 0.461 e. The van der Waals surface area contributed by atoms with Crippen molar-refractivity contribution >= 4 is 32.3 Å². The van der Waals surface area contributed by atoms with Gasteiger partial charge in [-0.15, -0.1) is 15.7 Å². The number of aromatic nitrogens is 1. The van der Waals surface area contributed by atoms with E-state index in [1.807, 2.05) is 55.0 Å². The molecule has 0 atom stereocenters. The van der Waals surface area contributed by atoms with Gasteiger partial charge in [0.25, 0.3) is 10.0 Å². The van der Waals surface area contributed by atoms with Crippen LogP contribution in [0.1, 0.15) is 18.2 Å². The van der Waals surface area contributed by atoms with Gasteiger partial charge in [-0.05, 0) is 39.0 Å². The lowest BCUT2D eigenvalue weighted by Crippen LogP contribution is -2.17. The number of sulfonamides is 1. The van der Waals surface area contributed by atoms with Crippen LogP contribution in [0.4, 0.5) is 0 Å². The van der Waals surface area contributed by atoms with Crippen LogP contribution in [0.15, 0.2) is 67.6 Å². The van der Waals surface area contributed by atoms with Crippen molar-refractivity contribution in [3.8, 4) is 11.3 Å². The van der Waals surface area contributed by atoms with Crippen LogP contribution in [0.5, 0.6) is 0 Å². The highest BCUT2D eigenvalue weighted by Gasteiger charge is 2.18. The lowest BCUT2D eigenvalue weighted by molar-refractivity contribution is 0.579. The molecule has 0 radical (unpaired) electrons. The first-order valence-corrected chi connectivity index (χ1v) is 11.3. The number of hydrogen-bond donors (Lipinski definition) is 0. The van der Waals surface area contributed by atoms with E-state index in [1.165, 1.54) is 11.3 Å². The molecule has 0 amide bonds. The van der Waals surface area contributed by atoms with Crippen LogP contribution in [0.2, 0.25) is 0 Å². The van der Waals surface area contributed by atoms with Crippen molar-refractivity contribution in [2.75, 3.05) is 0 Å². The molecule has 144 valence electrons. The summed E-state index contributed by atoms with van der Waals surface area (Å²) in [5, 5.41) is 2.95. The van der Waals surface area contributed by atoms with E-state index >= 15 is 0 Å². The molecule has 2 aromatic carbocycles. The SMILES string of the molecule is CCn1c(-c2c(C)oc3ccccc23)cs/c1=N/S(=O)(=O)c1ccc(C)cc1. The van der Waals surface area contributed by atoms with E-state index in [4.69, 9.17) is 4.42 Å². The molecule has 0 saturated carbocycles. The normalized spacial score (nSPS) is 12.8. The fourth-order valence-electron chi connectivity index (χ4n) is 3.26. The summed E-state index contributed by atoms with van der Waals surface area (Å²) in [6.45, 7) is 6.42. The summed E-state index contributed by atoms with van der Waals surface area (Å²) < 4.78 is 37.5. The van der Waals surface area contributed by atoms with Gasteiger partial charge >= 0.3 is 0 Å². The first-order valence-electron chi connectivity index (χ1n) is 8.95. The first kappa shape index (κ1) is 18.7. The third kappa shape index (κ3) is 3.21. The second-order valence-corrected chi connectivity index (χ2v) is 9.00. The molecule has 0 aliphatic heterocycles. The van der Waals surface area contributed by atoms with Gasteiger partial charge in [0, 0.05) is 22.9 Å². The monoisotopic (exact) mass is 412 g/mol. The van der Waals surface area contributed by atoms with E-state index in [2.05, 4.69) is 4.40 Å². The molecular formula is C21H20N2O3S2.